The van der Waals surface area contributed by atoms with Crippen LogP contribution in [0.5, 0.6) is 0 Å². The van der Waals surface area contributed by atoms with Gasteiger partial charge in [-0.05, 0) is 173 Å². The van der Waals surface area contributed by atoms with Crippen LogP contribution in [0.1, 0.15) is 167 Å². The fourth-order valence-electron chi connectivity index (χ4n) is 18.7. The van der Waals surface area contributed by atoms with Gasteiger partial charge in [-0.25, -0.2) is 24.9 Å². The number of rotatable bonds is 19. The summed E-state index contributed by atoms with van der Waals surface area (Å²) >= 11 is 0. The third kappa shape index (κ3) is 22.9. The van der Waals surface area contributed by atoms with Crippen LogP contribution in [-0.2, 0) is 35.7 Å². The largest absolute Gasteiger partial charge is 0.384 e. The number of nitrogens with one attached hydrogen (secondary N) is 12. The van der Waals surface area contributed by atoms with Crippen LogP contribution in [0.3, 0.4) is 0 Å². The zero-order valence-electron chi connectivity index (χ0n) is 77.7. The molecule has 2 saturated carbocycles. The first kappa shape index (κ1) is 92.9. The summed E-state index contributed by atoms with van der Waals surface area (Å²) in [7, 11) is 3.56. The van der Waals surface area contributed by atoms with E-state index in [-0.39, 0.29) is 23.6 Å². The number of benzene rings is 1. The van der Waals surface area contributed by atoms with Crippen molar-refractivity contribution in [1.82, 2.24) is 131 Å². The molecule has 0 atom stereocenters. The molecule has 1 aromatic carbocycles. The molecule has 0 bridgehead atoms. The monoisotopic (exact) mass is 1810 g/mol. The van der Waals surface area contributed by atoms with Gasteiger partial charge in [-0.15, -0.1) is 0 Å². The van der Waals surface area contributed by atoms with Crippen LogP contribution >= 0.6 is 0 Å². The number of methoxy groups -OCH3 is 1. The van der Waals surface area contributed by atoms with Gasteiger partial charge < -0.3 is 61.0 Å². The summed E-state index contributed by atoms with van der Waals surface area (Å²) in [5.41, 5.74) is 14.0. The zero-order valence-corrected chi connectivity index (χ0v) is 77.7. The molecular formula is C95H125N31O7. The molecule has 13 aromatic heterocycles. The highest BCUT2D eigenvalue weighted by Crippen LogP contribution is 2.35. The van der Waals surface area contributed by atoms with Crippen LogP contribution in [0.25, 0.3) is 76.3 Å². The highest BCUT2D eigenvalue weighted by atomic mass is 16.5. The van der Waals surface area contributed by atoms with Crippen molar-refractivity contribution >= 4 is 141 Å². The van der Waals surface area contributed by atoms with Gasteiger partial charge in [0, 0.05) is 218 Å². The molecule has 18 heterocycles. The van der Waals surface area contributed by atoms with E-state index in [9.17, 15) is 24.0 Å². The van der Waals surface area contributed by atoms with Crippen molar-refractivity contribution in [3.8, 4) is 0 Å². The Balaban J connectivity index is 0.000000117. The van der Waals surface area contributed by atoms with Crippen LogP contribution in [0.2, 0.25) is 0 Å². The lowest BCUT2D eigenvalue weighted by atomic mass is 9.84. The molecule has 7 fully saturated rings. The summed E-state index contributed by atoms with van der Waals surface area (Å²) in [5, 5.41) is 75.5. The van der Waals surface area contributed by atoms with Crippen LogP contribution in [0.15, 0.2) is 98.0 Å². The third-order valence-electron chi connectivity index (χ3n) is 26.6. The molecule has 133 heavy (non-hydrogen) atoms. The summed E-state index contributed by atoms with van der Waals surface area (Å²) in [5.74, 6) is 5.56. The zero-order chi connectivity index (χ0) is 92.4. The van der Waals surface area contributed by atoms with Gasteiger partial charge in [0.25, 0.3) is 5.91 Å². The van der Waals surface area contributed by atoms with Crippen molar-refractivity contribution in [2.45, 2.75) is 194 Å². The summed E-state index contributed by atoms with van der Waals surface area (Å²) < 4.78 is 12.2. The number of morpholine rings is 1. The van der Waals surface area contributed by atoms with Crippen LogP contribution < -0.4 is 31.9 Å². The van der Waals surface area contributed by atoms with Gasteiger partial charge in [0.1, 0.15) is 34.8 Å². The number of aromatic amines is 6. The lowest BCUT2D eigenvalue weighted by molar-refractivity contribution is -0.139. The number of amides is 5. The van der Waals surface area contributed by atoms with Crippen molar-refractivity contribution in [3.63, 3.8) is 0 Å². The van der Waals surface area contributed by atoms with Crippen LogP contribution in [0.4, 0.5) is 34.8 Å². The average molecular weight is 1810 g/mol. The summed E-state index contributed by atoms with van der Waals surface area (Å²) in [6.45, 7) is 24.8. The van der Waals surface area contributed by atoms with E-state index < -0.39 is 0 Å². The molecule has 14 aromatic rings. The second-order valence-corrected chi connectivity index (χ2v) is 35.7. The Kier molecular flexibility index (Phi) is 30.6. The van der Waals surface area contributed by atoms with E-state index in [2.05, 4.69) is 144 Å². The van der Waals surface area contributed by atoms with Crippen molar-refractivity contribution in [2.24, 2.45) is 13.0 Å². The van der Waals surface area contributed by atoms with E-state index in [1.165, 1.54) is 25.7 Å². The summed E-state index contributed by atoms with van der Waals surface area (Å²) in [4.78, 5) is 97.3. The van der Waals surface area contributed by atoms with E-state index in [0.29, 0.717) is 67.2 Å². The molecule has 2 aliphatic carbocycles. The lowest BCUT2D eigenvalue weighted by Crippen LogP contribution is -2.46. The molecule has 0 unspecified atom stereocenters. The number of fused-ring (bicyclic) bond motifs is 7. The van der Waals surface area contributed by atoms with E-state index in [4.69, 9.17) is 9.47 Å². The van der Waals surface area contributed by atoms with Gasteiger partial charge in [0.15, 0.2) is 0 Å². The van der Waals surface area contributed by atoms with E-state index >= 15 is 0 Å². The molecule has 0 radical (unpaired) electrons. The van der Waals surface area contributed by atoms with Crippen LogP contribution in [0, 0.1) is 47.5 Å². The smallest absolute Gasteiger partial charge is 0.270 e. The van der Waals surface area contributed by atoms with Crippen molar-refractivity contribution in [3.05, 3.63) is 138 Å². The number of hydrogen-bond acceptors (Lipinski definition) is 26. The molecule has 38 nitrogen and oxygen atoms in total. The number of ether oxygens (including phenoxy) is 2. The minimum absolute atomic E-state index is 0.0815. The number of aryl methyl sites for hydroxylation is 7. The molecule has 12 N–H and O–H groups in total. The summed E-state index contributed by atoms with van der Waals surface area (Å²) in [6.07, 6.45) is 30.3. The first-order valence-electron chi connectivity index (χ1n) is 47.0. The van der Waals surface area contributed by atoms with E-state index in [1.807, 2.05) is 123 Å². The third-order valence-corrected chi connectivity index (χ3v) is 26.6. The Morgan fingerprint density at radius 2 is 0.805 bits per heavy atom. The number of piperidine rings is 4. The predicted octanol–water partition coefficient (Wildman–Crippen LogP) is 12.5. The number of carbonyl (C=O) groups is 5. The minimum Gasteiger partial charge on any atom is -0.384 e. The van der Waals surface area contributed by atoms with Crippen molar-refractivity contribution in [1.29, 1.82) is 0 Å². The molecular weight excluding hydrogens is 1690 g/mol. The molecule has 5 saturated heterocycles. The number of pyridine rings is 6. The van der Waals surface area contributed by atoms with Crippen molar-refractivity contribution < 1.29 is 33.4 Å². The maximum atomic E-state index is 12.5. The number of hydrogen-bond donors (Lipinski definition) is 12. The normalized spacial score (nSPS) is 16.8. The number of anilines is 6. The second-order valence-electron chi connectivity index (χ2n) is 35.7. The molecule has 21 rings (SSSR count). The molecule has 38 heteroatoms. The Labute approximate surface area is 771 Å². The fraction of sp³-hybridized carbons (Fsp3) is 0.495. The van der Waals surface area contributed by atoms with Crippen molar-refractivity contribution in [2.75, 3.05) is 126 Å². The maximum Gasteiger partial charge on any atom is 0.270 e. The maximum absolute atomic E-state index is 12.5. The van der Waals surface area contributed by atoms with Gasteiger partial charge in [0.05, 0.1) is 103 Å². The molecule has 5 aliphatic heterocycles. The van der Waals surface area contributed by atoms with E-state index in [0.717, 1.165) is 308 Å². The number of nitrogens with zero attached hydrogens (tertiary/aromatic N) is 19. The lowest BCUT2D eigenvalue weighted by Gasteiger charge is -2.37. The van der Waals surface area contributed by atoms with Gasteiger partial charge in [-0.1, -0.05) is 25.7 Å². The highest BCUT2D eigenvalue weighted by Gasteiger charge is 2.34. The standard InChI is InChI=1S/C19H28N6O2.C17H23N5O.C16H23N5O2.C15H14N6.C14H19N5O.C14H18N4O/c1-14-18-16(23-22-14)2-6-20-19(18)21-15-3-8-25(9-4-15)17(26)5-7-24-10-12-27-13-11-24;1-11-15-14(21-20-11)5-8-18-16(15)19-13-6-9-22(10-7-13)17(23)12-3-2-4-12;1-11-15-13(20-19-11)3-7-17-16(15)18-12-4-8-21(9-5-12)14(22)6-10-23-2;1-9-14-12(20-19-9)5-6-16-15(14)18-11-3-4-13-10(7-11)8-17-21(13)2;1-9-13-12(18-17-9)3-6-15-14(13)16-11-4-7-19(8-5-11)10(2)20;1-9-12-11(18-17-9)7-8-15-13(12)14(19)16-10-5-3-2-4-6-10/h2,6,15H,3-5,7-13H2,1H3,(H,20,21)(H,22,23);5,8,12-13H,2-4,6-7,9-10H2,1H3,(H,18,19)(H,20,21);3,7,12H,4-6,8-10H2,1-2H3,(H,17,18)(H,19,20);3-8H,1-2H3,(H,16,18)(H,19,20);3,6,11H,4-5,7-8H2,1-2H3,(H,15,16)(H,17,18);7-8,10H,2-6H2,1H3,(H,16,19)(H,17,18). The van der Waals surface area contributed by atoms with Crippen LogP contribution in [-0.4, -0.2) is 284 Å². The van der Waals surface area contributed by atoms with Gasteiger partial charge in [-0.2, -0.15) is 35.7 Å². The number of carbonyl (C=O) groups excluding carboxylic acids is 5. The quantitative estimate of drug-likeness (QED) is 0.0358. The molecule has 7 aliphatic rings. The first-order valence-corrected chi connectivity index (χ1v) is 47.0. The number of H-pyrrole nitrogens is 6. The fourth-order valence-corrected chi connectivity index (χ4v) is 18.7. The Hall–Kier alpha value is -13.4. The minimum atomic E-state index is -0.0815. The predicted molar refractivity (Wildman–Crippen MR) is 514 cm³/mol. The van der Waals surface area contributed by atoms with Gasteiger partial charge in [-0.3, -0.25) is 69.1 Å². The Bertz CT molecular complexity index is 6280. The molecule has 5 amide bonds. The highest BCUT2D eigenvalue weighted by molar-refractivity contribution is 6.05. The first-order chi connectivity index (χ1) is 64.7. The average Bonchev–Trinajstić information content (AvgIpc) is 1.67. The molecule has 702 valence electrons. The van der Waals surface area contributed by atoms with Gasteiger partial charge >= 0.3 is 0 Å². The summed E-state index contributed by atoms with van der Waals surface area (Å²) in [6, 6.07) is 19.2. The van der Waals surface area contributed by atoms with E-state index in [1.54, 1.807) is 51.2 Å². The van der Waals surface area contributed by atoms with Gasteiger partial charge in [0.2, 0.25) is 23.6 Å². The topological polar surface area (TPSA) is 459 Å². The second kappa shape index (κ2) is 43.8. The Morgan fingerprint density at radius 1 is 0.421 bits per heavy atom. The number of likely N-dealkylation sites (tertiary alicyclic amines) is 4. The SMILES string of the molecule is CC(=O)N1CCC(Nc2nccc3n[nH]c(C)c23)CC1.COCCC(=O)N1CCC(Nc2nccc3n[nH]c(C)c23)CC1.Cc1[nH]nc2ccnc(C(=O)NC3CCCCC3)c12.Cc1[nH]nc2ccnc(NC3CCN(C(=O)C4CCC4)CC3)c12.Cc1[nH]nc2ccnc(NC3CCN(C(=O)CCN4CCOCC4)CC3)c12.Cc1[nH]nc2ccnc(Nc3ccc4c(cnn4C)c3)c12. The Morgan fingerprint density at radius 3 is 1.22 bits per heavy atom. The molecule has 0 spiro atoms. The number of aromatic nitrogens is 20.